The molecule has 0 aliphatic rings. The molecule has 0 radical (unpaired) electrons. The van der Waals surface area contributed by atoms with Gasteiger partial charge in [-0.1, -0.05) is 19.1 Å². The molecule has 1 unspecified atom stereocenters. The molecule has 0 amide bonds. The quantitative estimate of drug-likeness (QED) is 0.797. The summed E-state index contributed by atoms with van der Waals surface area (Å²) in [6.45, 7) is 2.11. The predicted octanol–water partition coefficient (Wildman–Crippen LogP) is 4.36. The van der Waals surface area contributed by atoms with Gasteiger partial charge < -0.3 is 10.5 Å². The van der Waals surface area contributed by atoms with Crippen LogP contribution in [0, 0.1) is 3.57 Å². The summed E-state index contributed by atoms with van der Waals surface area (Å²) in [4.78, 5) is 0. The Bertz CT molecular complexity index is 507. The molecule has 100 valence electrons. The first-order valence-corrected chi connectivity index (χ1v) is 7.53. The molecule has 0 fully saturated rings. The lowest BCUT2D eigenvalue weighted by atomic mass is 10.0. The van der Waals surface area contributed by atoms with Crippen LogP contribution in [0.1, 0.15) is 18.9 Å². The maximum atomic E-state index is 5.95. The second-order valence-electron chi connectivity index (χ2n) is 4.57. The summed E-state index contributed by atoms with van der Waals surface area (Å²) in [6, 6.07) is 16.4. The highest BCUT2D eigenvalue weighted by atomic mass is 127. The number of nitrogens with two attached hydrogens (primary N) is 1. The molecule has 2 N–H and O–H groups in total. The van der Waals surface area contributed by atoms with Gasteiger partial charge in [0.1, 0.15) is 11.5 Å². The fourth-order valence-electron chi connectivity index (χ4n) is 1.78. The third-order valence-corrected chi connectivity index (χ3v) is 3.71. The van der Waals surface area contributed by atoms with E-state index in [1.54, 1.807) is 0 Å². The second-order valence-corrected chi connectivity index (χ2v) is 5.82. The minimum Gasteiger partial charge on any atom is -0.457 e. The normalized spacial score (nSPS) is 12.2. The number of benzene rings is 2. The third kappa shape index (κ3) is 4.51. The van der Waals surface area contributed by atoms with Crippen LogP contribution < -0.4 is 10.5 Å². The lowest BCUT2D eigenvalue weighted by Crippen LogP contribution is -2.21. The predicted molar refractivity (Wildman–Crippen MR) is 87.6 cm³/mol. The zero-order chi connectivity index (χ0) is 13.7. The first-order chi connectivity index (χ1) is 9.17. The van der Waals surface area contributed by atoms with Gasteiger partial charge in [-0.25, -0.2) is 0 Å². The molecule has 19 heavy (non-hydrogen) atoms. The van der Waals surface area contributed by atoms with Gasteiger partial charge in [-0.05, 0) is 77.4 Å². The van der Waals surface area contributed by atoms with Gasteiger partial charge in [0.05, 0.1) is 0 Å². The Kier molecular flexibility index (Phi) is 5.22. The Hall–Kier alpha value is -1.07. The molecule has 2 rings (SSSR count). The summed E-state index contributed by atoms with van der Waals surface area (Å²) in [5, 5.41) is 0. The van der Waals surface area contributed by atoms with Crippen molar-refractivity contribution in [3.63, 3.8) is 0 Å². The van der Waals surface area contributed by atoms with E-state index in [1.165, 1.54) is 9.13 Å². The van der Waals surface area contributed by atoms with Crippen LogP contribution in [-0.4, -0.2) is 6.04 Å². The molecule has 0 saturated carbocycles. The van der Waals surface area contributed by atoms with E-state index in [2.05, 4.69) is 41.6 Å². The largest absolute Gasteiger partial charge is 0.457 e. The van der Waals surface area contributed by atoms with Gasteiger partial charge in [0.2, 0.25) is 0 Å². The van der Waals surface area contributed by atoms with Gasteiger partial charge in [0.15, 0.2) is 0 Å². The highest BCUT2D eigenvalue weighted by Crippen LogP contribution is 2.22. The molecule has 0 bridgehead atoms. The van der Waals surface area contributed by atoms with Crippen molar-refractivity contribution in [1.82, 2.24) is 0 Å². The zero-order valence-electron chi connectivity index (χ0n) is 11.0. The Morgan fingerprint density at radius 1 is 1.00 bits per heavy atom. The monoisotopic (exact) mass is 367 g/mol. The summed E-state index contributed by atoms with van der Waals surface area (Å²) in [5.74, 6) is 1.72. The van der Waals surface area contributed by atoms with E-state index in [4.69, 9.17) is 10.5 Å². The molecule has 2 nitrogen and oxygen atoms in total. The van der Waals surface area contributed by atoms with Crippen molar-refractivity contribution in [2.24, 2.45) is 5.73 Å². The van der Waals surface area contributed by atoms with E-state index in [0.717, 1.165) is 24.3 Å². The van der Waals surface area contributed by atoms with Crippen molar-refractivity contribution < 1.29 is 4.74 Å². The summed E-state index contributed by atoms with van der Waals surface area (Å²) in [6.07, 6.45) is 1.92. The summed E-state index contributed by atoms with van der Waals surface area (Å²) in [5.41, 5.74) is 7.20. The third-order valence-electron chi connectivity index (χ3n) is 2.99. The molecule has 3 heteroatoms. The number of rotatable bonds is 5. The molecule has 0 aliphatic carbocycles. The van der Waals surface area contributed by atoms with E-state index in [0.29, 0.717) is 0 Å². The van der Waals surface area contributed by atoms with Crippen LogP contribution in [0.3, 0.4) is 0 Å². The number of ether oxygens (including phenoxy) is 1. The zero-order valence-corrected chi connectivity index (χ0v) is 13.1. The molecule has 2 aromatic carbocycles. The molecule has 0 aliphatic heterocycles. The van der Waals surface area contributed by atoms with Crippen LogP contribution in [-0.2, 0) is 6.42 Å². The molecular weight excluding hydrogens is 349 g/mol. The first-order valence-electron chi connectivity index (χ1n) is 6.45. The number of halogens is 1. The Labute approximate surface area is 128 Å². The molecule has 2 aromatic rings. The Morgan fingerprint density at radius 3 is 2.05 bits per heavy atom. The van der Waals surface area contributed by atoms with Crippen LogP contribution in [0.15, 0.2) is 48.5 Å². The lowest BCUT2D eigenvalue weighted by molar-refractivity contribution is 0.482. The van der Waals surface area contributed by atoms with Crippen molar-refractivity contribution in [3.05, 3.63) is 57.7 Å². The molecule has 0 aromatic heterocycles. The van der Waals surface area contributed by atoms with Crippen molar-refractivity contribution in [2.45, 2.75) is 25.8 Å². The van der Waals surface area contributed by atoms with Gasteiger partial charge in [-0.2, -0.15) is 0 Å². The van der Waals surface area contributed by atoms with Crippen LogP contribution in [0.25, 0.3) is 0 Å². The van der Waals surface area contributed by atoms with Crippen molar-refractivity contribution in [2.75, 3.05) is 0 Å². The molecular formula is C16H18INO. The van der Waals surface area contributed by atoms with E-state index >= 15 is 0 Å². The fourth-order valence-corrected chi connectivity index (χ4v) is 2.14. The van der Waals surface area contributed by atoms with E-state index in [9.17, 15) is 0 Å². The molecule has 0 saturated heterocycles. The highest BCUT2D eigenvalue weighted by Gasteiger charge is 2.02. The SMILES string of the molecule is CCC(N)Cc1ccc(Oc2ccc(I)cc2)cc1. The average Bonchev–Trinajstić information content (AvgIpc) is 2.43. The highest BCUT2D eigenvalue weighted by molar-refractivity contribution is 14.1. The van der Waals surface area contributed by atoms with Crippen molar-refractivity contribution in [1.29, 1.82) is 0 Å². The van der Waals surface area contributed by atoms with Crippen LogP contribution in [0.5, 0.6) is 11.5 Å². The maximum absolute atomic E-state index is 5.95. The number of hydrogen-bond acceptors (Lipinski definition) is 2. The molecule has 1 atom stereocenters. The second kappa shape index (κ2) is 6.91. The Balaban J connectivity index is 2.00. The van der Waals surface area contributed by atoms with Crippen molar-refractivity contribution >= 4 is 22.6 Å². The van der Waals surface area contributed by atoms with Crippen LogP contribution in [0.2, 0.25) is 0 Å². The molecule has 0 heterocycles. The van der Waals surface area contributed by atoms with E-state index < -0.39 is 0 Å². The average molecular weight is 367 g/mol. The van der Waals surface area contributed by atoms with Crippen LogP contribution >= 0.6 is 22.6 Å². The fraction of sp³-hybridized carbons (Fsp3) is 0.250. The minimum absolute atomic E-state index is 0.239. The summed E-state index contributed by atoms with van der Waals surface area (Å²) in [7, 11) is 0. The first kappa shape index (κ1) is 14.3. The summed E-state index contributed by atoms with van der Waals surface area (Å²) < 4.78 is 6.99. The number of hydrogen-bond donors (Lipinski definition) is 1. The van der Waals surface area contributed by atoms with Gasteiger partial charge in [-0.3, -0.25) is 0 Å². The van der Waals surface area contributed by atoms with Crippen molar-refractivity contribution in [3.8, 4) is 11.5 Å². The smallest absolute Gasteiger partial charge is 0.127 e. The van der Waals surface area contributed by atoms with Gasteiger partial charge in [0, 0.05) is 9.61 Å². The van der Waals surface area contributed by atoms with Gasteiger partial charge >= 0.3 is 0 Å². The molecule has 0 spiro atoms. The topological polar surface area (TPSA) is 35.2 Å². The minimum atomic E-state index is 0.239. The standard InChI is InChI=1S/C16H18INO/c1-2-14(18)11-12-3-7-15(8-4-12)19-16-9-5-13(17)6-10-16/h3-10,14H,2,11,18H2,1H3. The van der Waals surface area contributed by atoms with Gasteiger partial charge in [-0.15, -0.1) is 0 Å². The summed E-state index contributed by atoms with van der Waals surface area (Å²) >= 11 is 2.28. The van der Waals surface area contributed by atoms with E-state index in [-0.39, 0.29) is 6.04 Å². The van der Waals surface area contributed by atoms with Crippen LogP contribution in [0.4, 0.5) is 0 Å². The Morgan fingerprint density at radius 2 is 1.53 bits per heavy atom. The van der Waals surface area contributed by atoms with E-state index in [1.807, 2.05) is 36.4 Å². The maximum Gasteiger partial charge on any atom is 0.127 e. The lowest BCUT2D eigenvalue weighted by Gasteiger charge is -2.10. The van der Waals surface area contributed by atoms with Gasteiger partial charge in [0.25, 0.3) is 0 Å².